The van der Waals surface area contributed by atoms with Gasteiger partial charge in [-0.15, -0.1) is 0 Å². The Labute approximate surface area is 155 Å². The summed E-state index contributed by atoms with van der Waals surface area (Å²) in [6.45, 7) is 8.00. The summed E-state index contributed by atoms with van der Waals surface area (Å²) in [5.41, 5.74) is 4.22. The highest BCUT2D eigenvalue weighted by atomic mass is 16.5. The number of para-hydroxylation sites is 2. The second-order valence-electron chi connectivity index (χ2n) is 7.88. The lowest BCUT2D eigenvalue weighted by molar-refractivity contribution is 0.0777. The molecule has 1 spiro atoms. The van der Waals surface area contributed by atoms with Crippen molar-refractivity contribution in [2.75, 3.05) is 23.8 Å². The van der Waals surface area contributed by atoms with Gasteiger partial charge in [0.05, 0.1) is 22.5 Å². The number of nitrogens with zero attached hydrogens (tertiary/aromatic N) is 1. The van der Waals surface area contributed by atoms with Crippen molar-refractivity contribution in [1.82, 2.24) is 0 Å². The largest absolute Gasteiger partial charge is 0.381 e. The number of rotatable bonds is 2. The van der Waals surface area contributed by atoms with E-state index in [1.807, 2.05) is 0 Å². The normalized spacial score (nSPS) is 20.3. The van der Waals surface area contributed by atoms with E-state index in [1.54, 1.807) is 0 Å². The van der Waals surface area contributed by atoms with Crippen LogP contribution in [0.1, 0.15) is 37.8 Å². The molecule has 4 heteroatoms. The monoisotopic (exact) mass is 349 g/mol. The van der Waals surface area contributed by atoms with Crippen molar-refractivity contribution in [2.24, 2.45) is 4.99 Å². The SMILES string of the molecule is Cc1cccc(C(C)(C)N=C2Nc3ccccc3NC23CCOCC3)c1. The third kappa shape index (κ3) is 3.10. The topological polar surface area (TPSA) is 45.7 Å². The van der Waals surface area contributed by atoms with Gasteiger partial charge in [-0.05, 0) is 38.5 Å². The molecular weight excluding hydrogens is 322 g/mol. The first-order valence-corrected chi connectivity index (χ1v) is 9.38. The molecule has 0 unspecified atom stereocenters. The number of aryl methyl sites for hydroxylation is 1. The fraction of sp³-hybridized carbons (Fsp3) is 0.409. The molecule has 0 saturated carbocycles. The first-order valence-electron chi connectivity index (χ1n) is 9.38. The minimum absolute atomic E-state index is 0.187. The Morgan fingerprint density at radius 1 is 1.00 bits per heavy atom. The molecule has 0 aliphatic carbocycles. The molecular formula is C22H27N3O. The summed E-state index contributed by atoms with van der Waals surface area (Å²) in [5, 5.41) is 7.40. The quantitative estimate of drug-likeness (QED) is 0.825. The number of anilines is 2. The number of amidine groups is 1. The Bertz CT molecular complexity index is 835. The zero-order valence-corrected chi connectivity index (χ0v) is 15.8. The van der Waals surface area contributed by atoms with Crippen molar-refractivity contribution >= 4 is 17.2 Å². The average molecular weight is 349 g/mol. The molecule has 4 rings (SSSR count). The molecule has 2 heterocycles. The van der Waals surface area contributed by atoms with Crippen LogP contribution in [0.15, 0.2) is 53.5 Å². The van der Waals surface area contributed by atoms with Crippen LogP contribution < -0.4 is 10.6 Å². The molecule has 26 heavy (non-hydrogen) atoms. The van der Waals surface area contributed by atoms with Gasteiger partial charge in [0.15, 0.2) is 0 Å². The average Bonchev–Trinajstić information content (AvgIpc) is 2.63. The number of ether oxygens (including phenoxy) is 1. The van der Waals surface area contributed by atoms with Gasteiger partial charge in [0, 0.05) is 26.1 Å². The fourth-order valence-corrected chi connectivity index (χ4v) is 3.85. The number of fused-ring (bicyclic) bond motifs is 1. The third-order valence-electron chi connectivity index (χ3n) is 5.47. The van der Waals surface area contributed by atoms with E-state index in [0.29, 0.717) is 0 Å². The highest BCUT2D eigenvalue weighted by molar-refractivity contribution is 6.09. The van der Waals surface area contributed by atoms with Gasteiger partial charge in [-0.3, -0.25) is 4.99 Å². The van der Waals surface area contributed by atoms with Crippen LogP contribution in [-0.4, -0.2) is 24.6 Å². The van der Waals surface area contributed by atoms with Gasteiger partial charge < -0.3 is 15.4 Å². The summed E-state index contributed by atoms with van der Waals surface area (Å²) in [6.07, 6.45) is 1.83. The smallest absolute Gasteiger partial charge is 0.128 e. The van der Waals surface area contributed by atoms with Gasteiger partial charge in [0.25, 0.3) is 0 Å². The minimum atomic E-state index is -0.312. The molecule has 136 valence electrons. The van der Waals surface area contributed by atoms with Crippen molar-refractivity contribution in [2.45, 2.75) is 44.7 Å². The first-order chi connectivity index (χ1) is 12.5. The van der Waals surface area contributed by atoms with E-state index in [0.717, 1.165) is 43.3 Å². The molecule has 4 nitrogen and oxygen atoms in total. The lowest BCUT2D eigenvalue weighted by Gasteiger charge is -2.44. The Hall–Kier alpha value is -2.33. The molecule has 0 amide bonds. The van der Waals surface area contributed by atoms with Crippen molar-refractivity contribution in [3.05, 3.63) is 59.7 Å². The number of hydrogen-bond donors (Lipinski definition) is 2. The molecule has 0 radical (unpaired) electrons. The summed E-state index contributed by atoms with van der Waals surface area (Å²) in [4.78, 5) is 5.24. The first kappa shape index (κ1) is 17.1. The zero-order chi connectivity index (χ0) is 18.2. The lowest BCUT2D eigenvalue weighted by atomic mass is 9.85. The molecule has 2 N–H and O–H groups in total. The van der Waals surface area contributed by atoms with Crippen LogP contribution in [0, 0.1) is 6.92 Å². The van der Waals surface area contributed by atoms with E-state index in [-0.39, 0.29) is 11.1 Å². The molecule has 2 aromatic rings. The maximum absolute atomic E-state index is 5.64. The van der Waals surface area contributed by atoms with Crippen molar-refractivity contribution in [3.63, 3.8) is 0 Å². The molecule has 0 atom stereocenters. The van der Waals surface area contributed by atoms with Crippen molar-refractivity contribution < 1.29 is 4.74 Å². The number of hydrogen-bond acceptors (Lipinski definition) is 3. The molecule has 2 aliphatic rings. The van der Waals surface area contributed by atoms with E-state index in [2.05, 4.69) is 79.9 Å². The fourth-order valence-electron chi connectivity index (χ4n) is 3.85. The van der Waals surface area contributed by atoms with Gasteiger partial charge in [-0.1, -0.05) is 42.0 Å². The molecule has 1 fully saturated rings. The molecule has 2 aromatic carbocycles. The van der Waals surface area contributed by atoms with E-state index in [1.165, 1.54) is 11.1 Å². The van der Waals surface area contributed by atoms with Crippen LogP contribution in [0.2, 0.25) is 0 Å². The highest BCUT2D eigenvalue weighted by Gasteiger charge is 2.42. The number of nitrogens with one attached hydrogen (secondary N) is 2. The standard InChI is InChI=1S/C22H27N3O/c1-16-7-6-8-17(15-16)21(2,3)25-20-22(11-13-26-14-12-22)24-19-10-5-4-9-18(19)23-20/h4-10,15,24H,11-14H2,1-3H3,(H,23,25). The summed E-state index contributed by atoms with van der Waals surface area (Å²) in [6, 6.07) is 17.0. The second-order valence-corrected chi connectivity index (χ2v) is 7.88. The van der Waals surface area contributed by atoms with Crippen molar-refractivity contribution in [3.8, 4) is 0 Å². The molecule has 1 saturated heterocycles. The Morgan fingerprint density at radius 2 is 1.73 bits per heavy atom. The van der Waals surface area contributed by atoms with E-state index >= 15 is 0 Å². The Kier molecular flexibility index (Phi) is 4.23. The van der Waals surface area contributed by atoms with E-state index in [9.17, 15) is 0 Å². The van der Waals surface area contributed by atoms with Gasteiger partial charge in [0.1, 0.15) is 5.84 Å². The Balaban J connectivity index is 1.77. The number of benzene rings is 2. The highest BCUT2D eigenvalue weighted by Crippen LogP contribution is 2.38. The van der Waals surface area contributed by atoms with Crippen LogP contribution >= 0.6 is 0 Å². The van der Waals surface area contributed by atoms with E-state index in [4.69, 9.17) is 9.73 Å². The van der Waals surface area contributed by atoms with Crippen LogP contribution in [0.3, 0.4) is 0 Å². The summed E-state index contributed by atoms with van der Waals surface area (Å²) in [7, 11) is 0. The summed E-state index contributed by atoms with van der Waals surface area (Å²) >= 11 is 0. The van der Waals surface area contributed by atoms with Gasteiger partial charge in [-0.2, -0.15) is 0 Å². The van der Waals surface area contributed by atoms with Crippen LogP contribution in [-0.2, 0) is 10.3 Å². The summed E-state index contributed by atoms with van der Waals surface area (Å²) < 4.78 is 5.64. The molecule has 0 bridgehead atoms. The van der Waals surface area contributed by atoms with Crippen LogP contribution in [0.25, 0.3) is 0 Å². The van der Waals surface area contributed by atoms with Crippen molar-refractivity contribution in [1.29, 1.82) is 0 Å². The lowest BCUT2D eigenvalue weighted by Crippen LogP contribution is -2.56. The number of aliphatic imine (C=N–C) groups is 1. The predicted octanol–water partition coefficient (Wildman–Crippen LogP) is 4.72. The van der Waals surface area contributed by atoms with E-state index < -0.39 is 0 Å². The van der Waals surface area contributed by atoms with Gasteiger partial charge in [-0.25, -0.2) is 0 Å². The third-order valence-corrected chi connectivity index (χ3v) is 5.47. The Morgan fingerprint density at radius 3 is 2.46 bits per heavy atom. The molecule has 2 aliphatic heterocycles. The van der Waals surface area contributed by atoms with Gasteiger partial charge >= 0.3 is 0 Å². The maximum Gasteiger partial charge on any atom is 0.128 e. The predicted molar refractivity (Wildman–Crippen MR) is 108 cm³/mol. The van der Waals surface area contributed by atoms with Crippen LogP contribution in [0.4, 0.5) is 11.4 Å². The minimum Gasteiger partial charge on any atom is -0.381 e. The second kappa shape index (κ2) is 6.44. The van der Waals surface area contributed by atoms with Crippen LogP contribution in [0.5, 0.6) is 0 Å². The van der Waals surface area contributed by atoms with Gasteiger partial charge in [0.2, 0.25) is 0 Å². The molecule has 0 aromatic heterocycles. The maximum atomic E-state index is 5.64. The summed E-state index contributed by atoms with van der Waals surface area (Å²) in [5.74, 6) is 1.02. The zero-order valence-electron chi connectivity index (χ0n) is 15.8.